The average molecular weight is 230 g/mol. The molecule has 0 radical (unpaired) electrons. The molecule has 2 rings (SSSR count). The summed E-state index contributed by atoms with van der Waals surface area (Å²) in [6, 6.07) is 9.56. The SMILES string of the molecule is CCc1cc(O)cc(-c2ccc(O)cc2)c1O. The predicted octanol–water partition coefficient (Wildman–Crippen LogP) is 3.03. The van der Waals surface area contributed by atoms with Crippen molar-refractivity contribution >= 4 is 0 Å². The molecule has 3 N–H and O–H groups in total. The third kappa shape index (κ3) is 2.18. The van der Waals surface area contributed by atoms with E-state index >= 15 is 0 Å². The molecule has 0 unspecified atom stereocenters. The average Bonchev–Trinajstić information content (AvgIpc) is 2.33. The number of aryl methyl sites for hydroxylation is 1. The van der Waals surface area contributed by atoms with Crippen LogP contribution in [0.2, 0.25) is 0 Å². The highest BCUT2D eigenvalue weighted by atomic mass is 16.3. The lowest BCUT2D eigenvalue weighted by Gasteiger charge is -2.10. The number of phenols is 3. The van der Waals surface area contributed by atoms with E-state index in [9.17, 15) is 15.3 Å². The van der Waals surface area contributed by atoms with E-state index in [1.54, 1.807) is 30.3 Å². The van der Waals surface area contributed by atoms with Gasteiger partial charge in [-0.15, -0.1) is 0 Å². The van der Waals surface area contributed by atoms with Crippen molar-refractivity contribution in [3.05, 3.63) is 42.0 Å². The summed E-state index contributed by atoms with van der Waals surface area (Å²) in [5.41, 5.74) is 2.03. The lowest BCUT2D eigenvalue weighted by molar-refractivity contribution is 0.456. The van der Waals surface area contributed by atoms with E-state index in [4.69, 9.17) is 0 Å². The van der Waals surface area contributed by atoms with E-state index in [0.717, 1.165) is 5.56 Å². The zero-order valence-corrected chi connectivity index (χ0v) is 9.51. The van der Waals surface area contributed by atoms with Gasteiger partial charge < -0.3 is 15.3 Å². The molecule has 0 heterocycles. The normalized spacial score (nSPS) is 10.4. The molecule has 0 amide bonds. The lowest BCUT2D eigenvalue weighted by atomic mass is 9.99. The van der Waals surface area contributed by atoms with Crippen LogP contribution in [0.25, 0.3) is 11.1 Å². The van der Waals surface area contributed by atoms with Gasteiger partial charge in [0.25, 0.3) is 0 Å². The van der Waals surface area contributed by atoms with Gasteiger partial charge in [0.2, 0.25) is 0 Å². The molecular weight excluding hydrogens is 216 g/mol. The van der Waals surface area contributed by atoms with Gasteiger partial charge in [-0.3, -0.25) is 0 Å². The zero-order valence-electron chi connectivity index (χ0n) is 9.51. The summed E-state index contributed by atoms with van der Waals surface area (Å²) in [4.78, 5) is 0. The quantitative estimate of drug-likeness (QED) is 0.695. The van der Waals surface area contributed by atoms with Crippen LogP contribution in [0.3, 0.4) is 0 Å². The minimum absolute atomic E-state index is 0.128. The predicted molar refractivity (Wildman–Crippen MR) is 66.3 cm³/mol. The summed E-state index contributed by atoms with van der Waals surface area (Å²) in [5.74, 6) is 0.475. The summed E-state index contributed by atoms with van der Waals surface area (Å²) < 4.78 is 0. The maximum atomic E-state index is 10.1. The summed E-state index contributed by atoms with van der Waals surface area (Å²) in [6.45, 7) is 1.91. The molecule has 3 nitrogen and oxygen atoms in total. The molecule has 0 aromatic heterocycles. The molecule has 3 heteroatoms. The van der Waals surface area contributed by atoms with Crippen molar-refractivity contribution in [1.29, 1.82) is 0 Å². The van der Waals surface area contributed by atoms with Crippen molar-refractivity contribution in [1.82, 2.24) is 0 Å². The van der Waals surface area contributed by atoms with Crippen LogP contribution in [0.1, 0.15) is 12.5 Å². The fourth-order valence-corrected chi connectivity index (χ4v) is 1.81. The number of benzene rings is 2. The standard InChI is InChI=1S/C14H14O3/c1-2-9-7-12(16)8-13(14(9)17)10-3-5-11(15)6-4-10/h3-8,15-17H,2H2,1H3. The lowest BCUT2D eigenvalue weighted by Crippen LogP contribution is -1.86. The molecule has 17 heavy (non-hydrogen) atoms. The highest BCUT2D eigenvalue weighted by Gasteiger charge is 2.10. The topological polar surface area (TPSA) is 60.7 Å². The Labute approximate surface area is 99.6 Å². The van der Waals surface area contributed by atoms with Gasteiger partial charge in [0.05, 0.1) is 0 Å². The summed E-state index contributed by atoms with van der Waals surface area (Å²) in [7, 11) is 0. The number of phenolic OH excluding ortho intramolecular Hbond substituents is 3. The van der Waals surface area contributed by atoms with Crippen molar-refractivity contribution in [2.45, 2.75) is 13.3 Å². The second-order valence-corrected chi connectivity index (χ2v) is 3.90. The smallest absolute Gasteiger partial charge is 0.126 e. The molecular formula is C14H14O3. The minimum Gasteiger partial charge on any atom is -0.508 e. The molecule has 0 saturated heterocycles. The van der Waals surface area contributed by atoms with Gasteiger partial charge in [-0.2, -0.15) is 0 Å². The summed E-state index contributed by atoms with van der Waals surface area (Å²) >= 11 is 0. The second-order valence-electron chi connectivity index (χ2n) is 3.90. The first-order chi connectivity index (χ1) is 8.11. The van der Waals surface area contributed by atoms with Crippen LogP contribution < -0.4 is 0 Å². The van der Waals surface area contributed by atoms with E-state index in [1.807, 2.05) is 6.92 Å². The maximum Gasteiger partial charge on any atom is 0.126 e. The molecule has 88 valence electrons. The van der Waals surface area contributed by atoms with E-state index in [-0.39, 0.29) is 17.2 Å². The maximum absolute atomic E-state index is 10.1. The summed E-state index contributed by atoms with van der Waals surface area (Å²) in [6.07, 6.45) is 0.644. The van der Waals surface area contributed by atoms with Crippen LogP contribution in [0.15, 0.2) is 36.4 Å². The first-order valence-electron chi connectivity index (χ1n) is 5.46. The van der Waals surface area contributed by atoms with Gasteiger partial charge in [0.1, 0.15) is 17.2 Å². The Morgan fingerprint density at radius 3 is 2.12 bits per heavy atom. The van der Waals surface area contributed by atoms with Crippen LogP contribution in [0.4, 0.5) is 0 Å². The molecule has 0 atom stereocenters. The Morgan fingerprint density at radius 2 is 1.53 bits per heavy atom. The van der Waals surface area contributed by atoms with Crippen LogP contribution in [0.5, 0.6) is 17.2 Å². The molecule has 0 aliphatic heterocycles. The Balaban J connectivity index is 2.58. The number of hydrogen-bond acceptors (Lipinski definition) is 3. The van der Waals surface area contributed by atoms with Crippen molar-refractivity contribution < 1.29 is 15.3 Å². The fourth-order valence-electron chi connectivity index (χ4n) is 1.81. The molecule has 0 aliphatic rings. The van der Waals surface area contributed by atoms with Gasteiger partial charge in [0, 0.05) is 5.56 Å². The van der Waals surface area contributed by atoms with Gasteiger partial charge in [-0.05, 0) is 41.8 Å². The molecule has 0 bridgehead atoms. The number of aromatic hydroxyl groups is 3. The highest BCUT2D eigenvalue weighted by molar-refractivity contribution is 5.73. The van der Waals surface area contributed by atoms with Gasteiger partial charge in [0.15, 0.2) is 0 Å². The molecule has 0 saturated carbocycles. The zero-order chi connectivity index (χ0) is 12.4. The van der Waals surface area contributed by atoms with Crippen LogP contribution in [-0.2, 0) is 6.42 Å². The third-order valence-electron chi connectivity index (χ3n) is 2.73. The first-order valence-corrected chi connectivity index (χ1v) is 5.46. The van der Waals surface area contributed by atoms with E-state index in [0.29, 0.717) is 17.5 Å². The molecule has 0 spiro atoms. The van der Waals surface area contributed by atoms with Crippen LogP contribution in [-0.4, -0.2) is 15.3 Å². The third-order valence-corrected chi connectivity index (χ3v) is 2.73. The van der Waals surface area contributed by atoms with Crippen molar-refractivity contribution in [3.63, 3.8) is 0 Å². The van der Waals surface area contributed by atoms with E-state index in [2.05, 4.69) is 0 Å². The molecule has 0 aliphatic carbocycles. The minimum atomic E-state index is 0.128. The van der Waals surface area contributed by atoms with Crippen LogP contribution in [0, 0.1) is 0 Å². The monoisotopic (exact) mass is 230 g/mol. The fraction of sp³-hybridized carbons (Fsp3) is 0.143. The molecule has 0 fully saturated rings. The second kappa shape index (κ2) is 4.37. The van der Waals surface area contributed by atoms with Crippen molar-refractivity contribution in [3.8, 4) is 28.4 Å². The Bertz CT molecular complexity index is 530. The molecule has 2 aromatic rings. The molecule has 2 aromatic carbocycles. The largest absolute Gasteiger partial charge is 0.508 e. The Hall–Kier alpha value is -2.16. The van der Waals surface area contributed by atoms with Gasteiger partial charge >= 0.3 is 0 Å². The highest BCUT2D eigenvalue weighted by Crippen LogP contribution is 2.36. The van der Waals surface area contributed by atoms with Crippen molar-refractivity contribution in [2.75, 3.05) is 0 Å². The van der Waals surface area contributed by atoms with Crippen LogP contribution >= 0.6 is 0 Å². The van der Waals surface area contributed by atoms with E-state index < -0.39 is 0 Å². The van der Waals surface area contributed by atoms with Crippen molar-refractivity contribution in [2.24, 2.45) is 0 Å². The first kappa shape index (κ1) is 11.3. The number of rotatable bonds is 2. The number of hydrogen-bond donors (Lipinski definition) is 3. The summed E-state index contributed by atoms with van der Waals surface area (Å²) in [5, 5.41) is 28.9. The Morgan fingerprint density at radius 1 is 0.882 bits per heavy atom. The Kier molecular flexibility index (Phi) is 2.91. The van der Waals surface area contributed by atoms with Gasteiger partial charge in [-0.1, -0.05) is 19.1 Å². The van der Waals surface area contributed by atoms with Gasteiger partial charge in [-0.25, -0.2) is 0 Å². The van der Waals surface area contributed by atoms with E-state index in [1.165, 1.54) is 6.07 Å².